The minimum absolute atomic E-state index is 0.0796. The van der Waals surface area contributed by atoms with Gasteiger partial charge in [-0.2, -0.15) is 0 Å². The van der Waals surface area contributed by atoms with Gasteiger partial charge in [0.25, 0.3) is 0 Å². The second-order valence-corrected chi connectivity index (χ2v) is 6.52. The van der Waals surface area contributed by atoms with E-state index in [9.17, 15) is 4.79 Å². The van der Waals surface area contributed by atoms with Gasteiger partial charge >= 0.3 is 5.97 Å². The van der Waals surface area contributed by atoms with E-state index in [2.05, 4.69) is 15.0 Å². The Kier molecular flexibility index (Phi) is 3.63. The first-order valence-corrected chi connectivity index (χ1v) is 7.93. The number of rotatable bonds is 3. The van der Waals surface area contributed by atoms with Gasteiger partial charge in [-0.3, -0.25) is 9.36 Å². The number of carbonyl (C=O) groups is 1. The molecular weight excluding hydrogens is 330 g/mol. The number of fused-ring (bicyclic) bond motifs is 2. The van der Waals surface area contributed by atoms with Gasteiger partial charge in [0, 0.05) is 6.92 Å². The maximum atomic E-state index is 11.1. The van der Waals surface area contributed by atoms with Crippen molar-refractivity contribution in [1.82, 2.24) is 19.5 Å². The summed E-state index contributed by atoms with van der Waals surface area (Å²) in [6.45, 7) is 5.09. The predicted molar refractivity (Wildman–Crippen MR) is 84.1 cm³/mol. The summed E-state index contributed by atoms with van der Waals surface area (Å²) in [5.41, 5.74) is 6.87. The molecule has 0 amide bonds. The van der Waals surface area contributed by atoms with Crippen LogP contribution in [0.3, 0.4) is 0 Å². The molecule has 0 spiro atoms. The van der Waals surface area contributed by atoms with Crippen molar-refractivity contribution in [3.05, 3.63) is 12.7 Å². The number of carbonyl (C=O) groups excluding carboxylic acids is 1. The standard InChI is InChI=1S/C15H19N5O5/c1-7(21)22-4-8-10-11(25-15(2,3)24-10)14(23-8)20-6-19-9-12(16)17-5-18-13(9)20/h5-6,8,10-11,14H,4H2,1-3H3,(H2,16,17,18)/t8-,10+,11+,14-/m0/s1. The molecule has 0 saturated carbocycles. The Labute approximate surface area is 143 Å². The third kappa shape index (κ3) is 2.71. The molecule has 0 aliphatic carbocycles. The van der Waals surface area contributed by atoms with Gasteiger partial charge < -0.3 is 24.7 Å². The summed E-state index contributed by atoms with van der Waals surface area (Å²) in [5.74, 6) is -0.856. The van der Waals surface area contributed by atoms with E-state index < -0.39 is 24.2 Å². The molecule has 2 N–H and O–H groups in total. The average molecular weight is 349 g/mol. The summed E-state index contributed by atoms with van der Waals surface area (Å²) in [7, 11) is 0. The van der Waals surface area contributed by atoms with Crippen LogP contribution in [0.5, 0.6) is 0 Å². The lowest BCUT2D eigenvalue weighted by molar-refractivity contribution is -0.201. The fourth-order valence-electron chi connectivity index (χ4n) is 3.27. The summed E-state index contributed by atoms with van der Waals surface area (Å²) < 4.78 is 24.9. The summed E-state index contributed by atoms with van der Waals surface area (Å²) in [6, 6.07) is 0. The summed E-state index contributed by atoms with van der Waals surface area (Å²) >= 11 is 0. The van der Waals surface area contributed by atoms with E-state index in [-0.39, 0.29) is 18.7 Å². The minimum atomic E-state index is -0.768. The van der Waals surface area contributed by atoms with Crippen molar-refractivity contribution >= 4 is 23.0 Å². The lowest BCUT2D eigenvalue weighted by atomic mass is 10.1. The molecule has 0 aromatic carbocycles. The van der Waals surface area contributed by atoms with E-state index >= 15 is 0 Å². The van der Waals surface area contributed by atoms with E-state index in [1.165, 1.54) is 13.3 Å². The average Bonchev–Trinajstić information content (AvgIpc) is 3.17. The number of hydrogen-bond acceptors (Lipinski definition) is 9. The number of aromatic nitrogens is 4. The zero-order chi connectivity index (χ0) is 17.8. The van der Waals surface area contributed by atoms with Crippen LogP contribution in [0, 0.1) is 0 Å². The number of imidazole rings is 1. The monoisotopic (exact) mass is 349 g/mol. The van der Waals surface area contributed by atoms with Gasteiger partial charge in [0.2, 0.25) is 0 Å². The fourth-order valence-corrected chi connectivity index (χ4v) is 3.27. The van der Waals surface area contributed by atoms with Gasteiger partial charge in [-0.05, 0) is 13.8 Å². The Hall–Kier alpha value is -2.30. The second-order valence-electron chi connectivity index (χ2n) is 6.52. The largest absolute Gasteiger partial charge is 0.463 e. The first-order chi connectivity index (χ1) is 11.9. The third-order valence-corrected chi connectivity index (χ3v) is 4.24. The number of ether oxygens (including phenoxy) is 4. The molecule has 0 bridgehead atoms. The highest BCUT2D eigenvalue weighted by atomic mass is 16.8. The number of nitrogen functional groups attached to an aromatic ring is 1. The van der Waals surface area contributed by atoms with Gasteiger partial charge in [0.1, 0.15) is 36.8 Å². The van der Waals surface area contributed by atoms with Crippen molar-refractivity contribution in [3.63, 3.8) is 0 Å². The second kappa shape index (κ2) is 5.61. The van der Waals surface area contributed by atoms with Crippen LogP contribution in [0.15, 0.2) is 12.7 Å². The highest BCUT2D eigenvalue weighted by molar-refractivity contribution is 5.81. The number of esters is 1. The van der Waals surface area contributed by atoms with Crippen LogP contribution < -0.4 is 5.73 Å². The van der Waals surface area contributed by atoms with Crippen LogP contribution in [-0.4, -0.2) is 56.2 Å². The lowest BCUT2D eigenvalue weighted by Gasteiger charge is -2.24. The Morgan fingerprint density at radius 3 is 2.84 bits per heavy atom. The molecule has 10 heteroatoms. The van der Waals surface area contributed by atoms with Gasteiger partial charge in [-0.1, -0.05) is 0 Å². The van der Waals surface area contributed by atoms with E-state index in [0.29, 0.717) is 17.0 Å². The van der Waals surface area contributed by atoms with Crippen molar-refractivity contribution in [2.45, 2.75) is 51.1 Å². The molecule has 4 atom stereocenters. The molecule has 25 heavy (non-hydrogen) atoms. The van der Waals surface area contributed by atoms with Crippen molar-refractivity contribution in [1.29, 1.82) is 0 Å². The van der Waals surface area contributed by atoms with E-state index in [1.54, 1.807) is 10.9 Å². The number of hydrogen-bond donors (Lipinski definition) is 1. The van der Waals surface area contributed by atoms with Crippen molar-refractivity contribution < 1.29 is 23.7 Å². The zero-order valence-electron chi connectivity index (χ0n) is 14.1. The maximum Gasteiger partial charge on any atom is 0.302 e. The third-order valence-electron chi connectivity index (χ3n) is 4.24. The molecule has 10 nitrogen and oxygen atoms in total. The molecule has 2 fully saturated rings. The SMILES string of the molecule is CC(=O)OC[C@@H]1O[C@H](n2cnc3c(N)ncnc32)[C@@H]2OC(C)(C)O[C@@H]21. The Bertz CT molecular complexity index is 822. The van der Waals surface area contributed by atoms with Crippen molar-refractivity contribution in [3.8, 4) is 0 Å². The van der Waals surface area contributed by atoms with Gasteiger partial charge in [0.15, 0.2) is 23.5 Å². The van der Waals surface area contributed by atoms with Crippen LogP contribution in [0.4, 0.5) is 5.82 Å². The molecule has 0 radical (unpaired) electrons. The molecule has 2 saturated heterocycles. The molecule has 4 heterocycles. The quantitative estimate of drug-likeness (QED) is 0.783. The van der Waals surface area contributed by atoms with E-state index in [1.807, 2.05) is 13.8 Å². The summed E-state index contributed by atoms with van der Waals surface area (Å²) in [6.07, 6.45) is 1.18. The Balaban J connectivity index is 1.68. The van der Waals surface area contributed by atoms with Crippen molar-refractivity contribution in [2.24, 2.45) is 0 Å². The van der Waals surface area contributed by atoms with Gasteiger partial charge in [-0.25, -0.2) is 15.0 Å². The lowest BCUT2D eigenvalue weighted by Crippen LogP contribution is -2.33. The highest BCUT2D eigenvalue weighted by Crippen LogP contribution is 2.43. The van der Waals surface area contributed by atoms with Crippen LogP contribution in [0.2, 0.25) is 0 Å². The minimum Gasteiger partial charge on any atom is -0.463 e. The zero-order valence-corrected chi connectivity index (χ0v) is 14.1. The molecular formula is C15H19N5O5. The van der Waals surface area contributed by atoms with Gasteiger partial charge in [0.05, 0.1) is 6.33 Å². The number of nitrogens with zero attached hydrogens (tertiary/aromatic N) is 4. The van der Waals surface area contributed by atoms with E-state index in [0.717, 1.165) is 0 Å². The van der Waals surface area contributed by atoms with Crippen LogP contribution in [0.1, 0.15) is 27.0 Å². The smallest absolute Gasteiger partial charge is 0.302 e. The van der Waals surface area contributed by atoms with Gasteiger partial charge in [-0.15, -0.1) is 0 Å². The molecule has 2 aliphatic heterocycles. The van der Waals surface area contributed by atoms with E-state index in [4.69, 9.17) is 24.7 Å². The topological polar surface area (TPSA) is 124 Å². The summed E-state index contributed by atoms with van der Waals surface area (Å²) in [4.78, 5) is 23.6. The number of nitrogens with two attached hydrogens (primary N) is 1. The van der Waals surface area contributed by atoms with Crippen LogP contribution in [0.25, 0.3) is 11.2 Å². The Morgan fingerprint density at radius 1 is 1.32 bits per heavy atom. The fraction of sp³-hybridized carbons (Fsp3) is 0.600. The predicted octanol–water partition coefficient (Wildman–Crippen LogP) is 0.389. The van der Waals surface area contributed by atoms with Crippen LogP contribution in [-0.2, 0) is 23.7 Å². The molecule has 134 valence electrons. The van der Waals surface area contributed by atoms with Crippen LogP contribution >= 0.6 is 0 Å². The maximum absolute atomic E-state index is 11.1. The molecule has 0 unspecified atom stereocenters. The molecule has 2 aromatic heterocycles. The Morgan fingerprint density at radius 2 is 2.08 bits per heavy atom. The first-order valence-electron chi connectivity index (χ1n) is 7.93. The normalized spacial score (nSPS) is 30.5. The summed E-state index contributed by atoms with van der Waals surface area (Å²) in [5, 5.41) is 0. The number of anilines is 1. The molecule has 4 rings (SSSR count). The molecule has 2 aliphatic rings. The highest BCUT2D eigenvalue weighted by Gasteiger charge is 2.56. The van der Waals surface area contributed by atoms with Crippen molar-refractivity contribution in [2.75, 3.05) is 12.3 Å². The first kappa shape index (κ1) is 16.2. The molecule has 2 aromatic rings.